The lowest BCUT2D eigenvalue weighted by Gasteiger charge is -2.32. The van der Waals surface area contributed by atoms with Crippen molar-refractivity contribution in [1.29, 1.82) is 0 Å². The van der Waals surface area contributed by atoms with Gasteiger partial charge < -0.3 is 15.0 Å². The Balaban J connectivity index is 1.48. The third-order valence-electron chi connectivity index (χ3n) is 5.71. The van der Waals surface area contributed by atoms with Gasteiger partial charge in [0, 0.05) is 24.7 Å². The van der Waals surface area contributed by atoms with E-state index in [4.69, 9.17) is 4.74 Å². The molecule has 29 heavy (non-hydrogen) atoms. The topological polar surface area (TPSA) is 58.6 Å². The second kappa shape index (κ2) is 9.12. The van der Waals surface area contributed by atoms with Gasteiger partial charge in [0.25, 0.3) is 11.8 Å². The van der Waals surface area contributed by atoms with Crippen LogP contribution < -0.4 is 10.1 Å². The van der Waals surface area contributed by atoms with Gasteiger partial charge in [0.1, 0.15) is 5.75 Å². The van der Waals surface area contributed by atoms with Gasteiger partial charge in [0.15, 0.2) is 6.61 Å². The van der Waals surface area contributed by atoms with Crippen molar-refractivity contribution in [1.82, 2.24) is 10.2 Å². The lowest BCUT2D eigenvalue weighted by molar-refractivity contribution is -0.134. The molecular weight excluding hydrogens is 364 g/mol. The van der Waals surface area contributed by atoms with Crippen LogP contribution in [0.5, 0.6) is 5.75 Å². The van der Waals surface area contributed by atoms with Gasteiger partial charge >= 0.3 is 0 Å². The summed E-state index contributed by atoms with van der Waals surface area (Å²) in [4.78, 5) is 26.8. The number of ether oxygens (including phenoxy) is 1. The molecule has 0 spiro atoms. The Morgan fingerprint density at radius 1 is 0.966 bits per heavy atom. The van der Waals surface area contributed by atoms with Crippen LogP contribution in [0.2, 0.25) is 0 Å². The van der Waals surface area contributed by atoms with Crippen molar-refractivity contribution in [3.05, 3.63) is 64.2 Å². The number of amides is 2. The molecule has 0 aromatic heterocycles. The summed E-state index contributed by atoms with van der Waals surface area (Å²) >= 11 is 0. The number of hydrogen-bond acceptors (Lipinski definition) is 3. The summed E-state index contributed by atoms with van der Waals surface area (Å²) in [5.41, 5.74) is 5.08. The van der Waals surface area contributed by atoms with Gasteiger partial charge in [-0.05, 0) is 69.4 Å². The number of carbonyl (C=O) groups is 2. The number of benzene rings is 2. The van der Waals surface area contributed by atoms with Crippen molar-refractivity contribution in [2.75, 3.05) is 19.7 Å². The first kappa shape index (κ1) is 20.9. The largest absolute Gasteiger partial charge is 0.483 e. The molecule has 1 saturated heterocycles. The van der Waals surface area contributed by atoms with E-state index in [1.54, 1.807) is 0 Å². The molecule has 1 heterocycles. The van der Waals surface area contributed by atoms with Gasteiger partial charge in [0.05, 0.1) is 0 Å². The molecule has 1 aliphatic heterocycles. The highest BCUT2D eigenvalue weighted by atomic mass is 16.5. The van der Waals surface area contributed by atoms with E-state index in [0.29, 0.717) is 18.7 Å². The highest BCUT2D eigenvalue weighted by Gasteiger charge is 2.24. The fourth-order valence-electron chi connectivity index (χ4n) is 3.62. The van der Waals surface area contributed by atoms with E-state index in [-0.39, 0.29) is 24.5 Å². The van der Waals surface area contributed by atoms with E-state index >= 15 is 0 Å². The van der Waals surface area contributed by atoms with E-state index in [1.165, 1.54) is 0 Å². The lowest BCUT2D eigenvalue weighted by Crippen LogP contribution is -2.47. The summed E-state index contributed by atoms with van der Waals surface area (Å²) in [5, 5.41) is 3.08. The summed E-state index contributed by atoms with van der Waals surface area (Å²) in [7, 11) is 0. The molecule has 2 aromatic rings. The molecule has 2 aromatic carbocycles. The molecule has 0 unspecified atom stereocenters. The summed E-state index contributed by atoms with van der Waals surface area (Å²) < 4.78 is 5.86. The number of piperidine rings is 1. The van der Waals surface area contributed by atoms with E-state index in [0.717, 1.165) is 40.8 Å². The Labute approximate surface area is 173 Å². The third-order valence-corrected chi connectivity index (χ3v) is 5.71. The number of aryl methyl sites for hydroxylation is 3. The predicted octanol–water partition coefficient (Wildman–Crippen LogP) is 3.72. The zero-order valence-electron chi connectivity index (χ0n) is 17.7. The maximum Gasteiger partial charge on any atom is 0.260 e. The van der Waals surface area contributed by atoms with E-state index < -0.39 is 0 Å². The summed E-state index contributed by atoms with van der Waals surface area (Å²) in [6.45, 7) is 9.36. The molecule has 3 rings (SSSR count). The van der Waals surface area contributed by atoms with Crippen LogP contribution in [0.4, 0.5) is 0 Å². The Bertz CT molecular complexity index is 882. The number of carbonyl (C=O) groups excluding carboxylic acids is 2. The van der Waals surface area contributed by atoms with Crippen LogP contribution in [0.25, 0.3) is 0 Å². The minimum atomic E-state index is -0.0523. The van der Waals surface area contributed by atoms with Crippen LogP contribution in [0.1, 0.15) is 45.5 Å². The molecule has 1 N–H and O–H groups in total. The van der Waals surface area contributed by atoms with Gasteiger partial charge in [-0.3, -0.25) is 9.59 Å². The Morgan fingerprint density at radius 3 is 2.24 bits per heavy atom. The molecule has 5 nitrogen and oxygen atoms in total. The fraction of sp³-hybridized carbons (Fsp3) is 0.417. The molecule has 0 bridgehead atoms. The first-order valence-corrected chi connectivity index (χ1v) is 10.2. The number of nitrogens with zero attached hydrogens (tertiary/aromatic N) is 1. The number of rotatable bonds is 5. The molecule has 2 amide bonds. The van der Waals surface area contributed by atoms with Crippen LogP contribution in [-0.4, -0.2) is 42.5 Å². The lowest BCUT2D eigenvalue weighted by atomic mass is 10.0. The van der Waals surface area contributed by atoms with Crippen molar-refractivity contribution >= 4 is 11.8 Å². The molecule has 1 fully saturated rings. The quantitative estimate of drug-likeness (QED) is 0.841. The van der Waals surface area contributed by atoms with Crippen LogP contribution in [0.15, 0.2) is 36.4 Å². The van der Waals surface area contributed by atoms with Crippen LogP contribution in [0.3, 0.4) is 0 Å². The first-order valence-electron chi connectivity index (χ1n) is 10.2. The van der Waals surface area contributed by atoms with E-state index in [2.05, 4.69) is 11.4 Å². The highest BCUT2D eigenvalue weighted by molar-refractivity contribution is 5.94. The molecule has 0 saturated carbocycles. The Morgan fingerprint density at radius 2 is 1.59 bits per heavy atom. The number of hydrogen-bond donors (Lipinski definition) is 1. The molecule has 0 aliphatic carbocycles. The standard InChI is InChI=1S/C24H30N2O3/c1-16-5-9-20(10-6-16)24(28)25-21-11-13-26(14-12-21)22(27)15-29-23-18(3)8-7-17(2)19(23)4/h5-10,21H,11-15H2,1-4H3,(H,25,28). The van der Waals surface area contributed by atoms with Gasteiger partial charge in [-0.1, -0.05) is 29.8 Å². The third kappa shape index (κ3) is 5.17. The minimum Gasteiger partial charge on any atom is -0.483 e. The maximum atomic E-state index is 12.6. The average molecular weight is 395 g/mol. The summed E-state index contributed by atoms with van der Waals surface area (Å²) in [5.74, 6) is 0.746. The molecule has 0 atom stereocenters. The summed E-state index contributed by atoms with van der Waals surface area (Å²) in [6, 6.07) is 11.7. The maximum absolute atomic E-state index is 12.6. The Kier molecular flexibility index (Phi) is 6.57. The average Bonchev–Trinajstić information content (AvgIpc) is 2.71. The van der Waals surface area contributed by atoms with Crippen molar-refractivity contribution in [2.45, 2.75) is 46.6 Å². The molecule has 5 heteroatoms. The van der Waals surface area contributed by atoms with Crippen LogP contribution in [-0.2, 0) is 4.79 Å². The smallest absolute Gasteiger partial charge is 0.260 e. The zero-order chi connectivity index (χ0) is 21.0. The van der Waals surface area contributed by atoms with Crippen molar-refractivity contribution in [3.8, 4) is 5.75 Å². The van der Waals surface area contributed by atoms with Crippen molar-refractivity contribution in [3.63, 3.8) is 0 Å². The molecule has 0 radical (unpaired) electrons. The molecular formula is C24H30N2O3. The van der Waals surface area contributed by atoms with Crippen LogP contribution >= 0.6 is 0 Å². The first-order chi connectivity index (χ1) is 13.8. The van der Waals surface area contributed by atoms with E-state index in [1.807, 2.05) is 62.9 Å². The number of nitrogens with one attached hydrogen (secondary N) is 1. The monoisotopic (exact) mass is 394 g/mol. The Hall–Kier alpha value is -2.82. The fourth-order valence-corrected chi connectivity index (χ4v) is 3.62. The highest BCUT2D eigenvalue weighted by Crippen LogP contribution is 2.25. The molecule has 154 valence electrons. The minimum absolute atomic E-state index is 0.00591. The molecule has 1 aliphatic rings. The van der Waals surface area contributed by atoms with Crippen LogP contribution in [0, 0.1) is 27.7 Å². The zero-order valence-corrected chi connectivity index (χ0v) is 17.7. The SMILES string of the molecule is Cc1ccc(C(=O)NC2CCN(C(=O)COc3c(C)ccc(C)c3C)CC2)cc1. The summed E-state index contributed by atoms with van der Waals surface area (Å²) in [6.07, 6.45) is 1.51. The van der Waals surface area contributed by atoms with Gasteiger partial charge in [-0.2, -0.15) is 0 Å². The number of likely N-dealkylation sites (tertiary alicyclic amines) is 1. The van der Waals surface area contributed by atoms with Gasteiger partial charge in [0.2, 0.25) is 0 Å². The van der Waals surface area contributed by atoms with Crippen molar-refractivity contribution in [2.24, 2.45) is 0 Å². The second-order valence-corrected chi connectivity index (χ2v) is 7.94. The normalized spacial score (nSPS) is 14.6. The van der Waals surface area contributed by atoms with Crippen molar-refractivity contribution < 1.29 is 14.3 Å². The second-order valence-electron chi connectivity index (χ2n) is 7.94. The van der Waals surface area contributed by atoms with Gasteiger partial charge in [-0.15, -0.1) is 0 Å². The van der Waals surface area contributed by atoms with Gasteiger partial charge in [-0.25, -0.2) is 0 Å². The predicted molar refractivity (Wildman–Crippen MR) is 114 cm³/mol. The van der Waals surface area contributed by atoms with E-state index in [9.17, 15) is 9.59 Å².